The van der Waals surface area contributed by atoms with Gasteiger partial charge in [0.1, 0.15) is 5.69 Å². The van der Waals surface area contributed by atoms with Gasteiger partial charge in [0.2, 0.25) is 5.69 Å². The zero-order valence-corrected chi connectivity index (χ0v) is 8.71. The molecule has 0 aliphatic carbocycles. The minimum Gasteiger partial charge on any atom is -0.461 e. The number of esters is 1. The van der Waals surface area contributed by atoms with E-state index in [1.54, 1.807) is 6.92 Å². The molecule has 0 unspecified atom stereocenters. The van der Waals surface area contributed by atoms with Gasteiger partial charge >= 0.3 is 5.97 Å². The number of ether oxygens (including phenoxy) is 1. The monoisotopic (exact) mass is 218 g/mol. The van der Waals surface area contributed by atoms with E-state index in [1.807, 2.05) is 30.3 Å². The molecule has 16 heavy (non-hydrogen) atoms. The number of carbonyl (C=O) groups is 1. The highest BCUT2D eigenvalue weighted by molar-refractivity contribution is 5.93. The first kappa shape index (κ1) is 10.4. The molecule has 0 radical (unpaired) electrons. The number of hydrogen-bond donors (Lipinski definition) is 0. The van der Waals surface area contributed by atoms with Crippen LogP contribution in [0.5, 0.6) is 0 Å². The van der Waals surface area contributed by atoms with Crippen molar-refractivity contribution in [3.63, 3.8) is 0 Å². The number of aromatic nitrogens is 2. The molecule has 2 aromatic rings. The second-order valence-electron chi connectivity index (χ2n) is 3.05. The maximum Gasteiger partial charge on any atom is 0.362 e. The van der Waals surface area contributed by atoms with Crippen LogP contribution in [0, 0.1) is 0 Å². The van der Waals surface area contributed by atoms with Crippen molar-refractivity contribution in [3.8, 4) is 11.3 Å². The minimum absolute atomic E-state index is 0.105. The first-order chi connectivity index (χ1) is 7.83. The molecule has 0 saturated heterocycles. The highest BCUT2D eigenvalue weighted by atomic mass is 16.6. The van der Waals surface area contributed by atoms with Crippen molar-refractivity contribution < 1.29 is 14.2 Å². The van der Waals surface area contributed by atoms with Crippen LogP contribution in [0.2, 0.25) is 0 Å². The lowest BCUT2D eigenvalue weighted by Crippen LogP contribution is -2.06. The Kier molecular flexibility index (Phi) is 2.95. The summed E-state index contributed by atoms with van der Waals surface area (Å²) in [6.45, 7) is 2.02. The van der Waals surface area contributed by atoms with Crippen molar-refractivity contribution in [3.05, 3.63) is 36.0 Å². The maximum atomic E-state index is 11.5. The summed E-state index contributed by atoms with van der Waals surface area (Å²) >= 11 is 0. The zero-order valence-electron chi connectivity index (χ0n) is 8.71. The lowest BCUT2D eigenvalue weighted by Gasteiger charge is -1.99. The normalized spacial score (nSPS) is 10.1. The largest absolute Gasteiger partial charge is 0.461 e. The molecule has 5 nitrogen and oxygen atoms in total. The van der Waals surface area contributed by atoms with E-state index >= 15 is 0 Å². The number of nitrogens with zero attached hydrogens (tertiary/aromatic N) is 2. The van der Waals surface area contributed by atoms with Crippen LogP contribution in [0.4, 0.5) is 0 Å². The summed E-state index contributed by atoms with van der Waals surface area (Å²) in [5.74, 6) is -0.525. The fourth-order valence-electron chi connectivity index (χ4n) is 1.31. The highest BCUT2D eigenvalue weighted by Crippen LogP contribution is 2.20. The number of carbonyl (C=O) groups excluding carboxylic acids is 1. The van der Waals surface area contributed by atoms with Gasteiger partial charge in [0.05, 0.1) is 6.61 Å². The second kappa shape index (κ2) is 4.57. The predicted molar refractivity (Wildman–Crippen MR) is 55.7 cm³/mol. The molecule has 0 N–H and O–H groups in total. The Morgan fingerprint density at radius 1 is 1.31 bits per heavy atom. The third-order valence-electron chi connectivity index (χ3n) is 2.00. The van der Waals surface area contributed by atoms with Crippen LogP contribution in [0.3, 0.4) is 0 Å². The Morgan fingerprint density at radius 3 is 2.75 bits per heavy atom. The lowest BCUT2D eigenvalue weighted by atomic mass is 10.1. The van der Waals surface area contributed by atoms with Gasteiger partial charge in [0.15, 0.2) is 0 Å². The maximum absolute atomic E-state index is 11.5. The summed E-state index contributed by atoms with van der Waals surface area (Å²) in [5.41, 5.74) is 1.28. The van der Waals surface area contributed by atoms with Gasteiger partial charge in [-0.3, -0.25) is 0 Å². The highest BCUT2D eigenvalue weighted by Gasteiger charge is 2.20. The van der Waals surface area contributed by atoms with Gasteiger partial charge in [-0.1, -0.05) is 30.3 Å². The summed E-state index contributed by atoms with van der Waals surface area (Å²) in [7, 11) is 0. The van der Waals surface area contributed by atoms with Gasteiger partial charge in [0.25, 0.3) is 0 Å². The molecule has 5 heteroatoms. The van der Waals surface area contributed by atoms with Crippen molar-refractivity contribution in [1.29, 1.82) is 0 Å². The van der Waals surface area contributed by atoms with Gasteiger partial charge < -0.3 is 4.74 Å². The molecular weight excluding hydrogens is 208 g/mol. The summed E-state index contributed by atoms with van der Waals surface area (Å²) in [6.07, 6.45) is 0. The summed E-state index contributed by atoms with van der Waals surface area (Å²) < 4.78 is 9.41. The molecule has 1 aromatic carbocycles. The predicted octanol–water partition coefficient (Wildman–Crippen LogP) is 1.91. The van der Waals surface area contributed by atoms with E-state index < -0.39 is 5.97 Å². The number of hydrogen-bond acceptors (Lipinski definition) is 5. The molecule has 2 rings (SSSR count). The van der Waals surface area contributed by atoms with E-state index in [9.17, 15) is 4.79 Å². The average Bonchev–Trinajstić information content (AvgIpc) is 2.79. The van der Waals surface area contributed by atoms with Crippen LogP contribution in [0.25, 0.3) is 11.3 Å². The zero-order chi connectivity index (χ0) is 11.4. The summed E-state index contributed by atoms with van der Waals surface area (Å²) in [4.78, 5) is 11.5. The fourth-order valence-corrected chi connectivity index (χ4v) is 1.31. The van der Waals surface area contributed by atoms with Gasteiger partial charge in [-0.05, 0) is 17.2 Å². The molecular formula is C11H10N2O3. The SMILES string of the molecule is CCOC(=O)c1nonc1-c1ccccc1. The lowest BCUT2D eigenvalue weighted by molar-refractivity contribution is 0.0514. The molecule has 1 aromatic heterocycles. The summed E-state index contributed by atoms with van der Waals surface area (Å²) in [6, 6.07) is 9.21. The molecule has 82 valence electrons. The van der Waals surface area contributed by atoms with E-state index in [0.717, 1.165) is 5.56 Å². The topological polar surface area (TPSA) is 65.2 Å². The smallest absolute Gasteiger partial charge is 0.362 e. The van der Waals surface area contributed by atoms with Crippen molar-refractivity contribution >= 4 is 5.97 Å². The van der Waals surface area contributed by atoms with Crippen molar-refractivity contribution in [2.45, 2.75) is 6.92 Å². The molecule has 0 atom stereocenters. The summed E-state index contributed by atoms with van der Waals surface area (Å²) in [5, 5.41) is 7.25. The van der Waals surface area contributed by atoms with Crippen LogP contribution < -0.4 is 0 Å². The van der Waals surface area contributed by atoms with Crippen molar-refractivity contribution in [1.82, 2.24) is 10.3 Å². The van der Waals surface area contributed by atoms with Gasteiger partial charge in [-0.25, -0.2) is 9.42 Å². The Bertz CT molecular complexity index is 479. The minimum atomic E-state index is -0.525. The van der Waals surface area contributed by atoms with E-state index in [0.29, 0.717) is 12.3 Å². The molecule has 0 amide bonds. The third kappa shape index (κ3) is 1.93. The number of benzene rings is 1. The van der Waals surface area contributed by atoms with Crippen LogP contribution in [-0.2, 0) is 4.74 Å². The Hall–Kier alpha value is -2.17. The third-order valence-corrected chi connectivity index (χ3v) is 2.00. The van der Waals surface area contributed by atoms with E-state index in [2.05, 4.69) is 14.9 Å². The average molecular weight is 218 g/mol. The first-order valence-electron chi connectivity index (χ1n) is 4.88. The second-order valence-corrected chi connectivity index (χ2v) is 3.05. The van der Waals surface area contributed by atoms with Crippen LogP contribution in [-0.4, -0.2) is 22.9 Å². The van der Waals surface area contributed by atoms with E-state index in [1.165, 1.54) is 0 Å². The van der Waals surface area contributed by atoms with Crippen LogP contribution in [0.15, 0.2) is 35.0 Å². The first-order valence-corrected chi connectivity index (χ1v) is 4.88. The quantitative estimate of drug-likeness (QED) is 0.736. The molecule has 0 aliphatic heterocycles. The van der Waals surface area contributed by atoms with E-state index in [-0.39, 0.29) is 5.69 Å². The molecule has 0 saturated carbocycles. The standard InChI is InChI=1S/C11H10N2O3/c1-2-15-11(14)10-9(12-16-13-10)8-6-4-3-5-7-8/h3-7H,2H2,1H3. The Balaban J connectivity index is 2.37. The Labute approximate surface area is 92.0 Å². The molecule has 0 fully saturated rings. The molecule has 0 spiro atoms. The van der Waals surface area contributed by atoms with E-state index in [4.69, 9.17) is 4.74 Å². The van der Waals surface area contributed by atoms with Crippen molar-refractivity contribution in [2.75, 3.05) is 6.61 Å². The molecule has 0 aliphatic rings. The number of rotatable bonds is 3. The fraction of sp³-hybridized carbons (Fsp3) is 0.182. The molecule has 1 heterocycles. The Morgan fingerprint density at radius 2 is 2.06 bits per heavy atom. The van der Waals surface area contributed by atoms with Crippen molar-refractivity contribution in [2.24, 2.45) is 0 Å². The van der Waals surface area contributed by atoms with Gasteiger partial charge in [0, 0.05) is 5.56 Å². The van der Waals surface area contributed by atoms with Gasteiger partial charge in [-0.15, -0.1) is 0 Å². The van der Waals surface area contributed by atoms with Crippen LogP contribution >= 0.6 is 0 Å². The van der Waals surface area contributed by atoms with Gasteiger partial charge in [-0.2, -0.15) is 0 Å². The van der Waals surface area contributed by atoms with Crippen LogP contribution in [0.1, 0.15) is 17.4 Å². The molecule has 0 bridgehead atoms.